The summed E-state index contributed by atoms with van der Waals surface area (Å²) >= 11 is 5.85. The topological polar surface area (TPSA) is 21.3 Å². The molecule has 1 N–H and O–H groups in total. The minimum absolute atomic E-state index is 0.168. The second kappa shape index (κ2) is 4.97. The zero-order valence-corrected chi connectivity index (χ0v) is 9.63. The molecule has 1 aromatic carbocycles. The molecule has 0 bridgehead atoms. The van der Waals surface area contributed by atoms with Crippen molar-refractivity contribution in [2.75, 3.05) is 13.1 Å². The first-order valence-electron chi connectivity index (χ1n) is 5.41. The van der Waals surface area contributed by atoms with E-state index in [0.717, 1.165) is 24.5 Å². The van der Waals surface area contributed by atoms with Gasteiger partial charge in [0.1, 0.15) is 0 Å². The quantitative estimate of drug-likeness (QED) is 0.836. The molecule has 3 heteroatoms. The molecule has 1 fully saturated rings. The lowest BCUT2D eigenvalue weighted by atomic mass is 10.1. The molecule has 0 aromatic heterocycles. The maximum atomic E-state index is 5.96. The predicted molar refractivity (Wildman–Crippen MR) is 62.2 cm³/mol. The second-order valence-electron chi connectivity index (χ2n) is 3.86. The van der Waals surface area contributed by atoms with Crippen LogP contribution in [0.3, 0.4) is 0 Å². The van der Waals surface area contributed by atoms with Gasteiger partial charge in [-0.15, -0.1) is 0 Å². The lowest BCUT2D eigenvalue weighted by molar-refractivity contribution is -0.0399. The van der Waals surface area contributed by atoms with Crippen LogP contribution in [0.1, 0.15) is 25.0 Å². The Bertz CT molecular complexity index is 312. The molecule has 82 valence electrons. The van der Waals surface area contributed by atoms with Crippen molar-refractivity contribution in [3.8, 4) is 0 Å². The Morgan fingerprint density at radius 3 is 2.73 bits per heavy atom. The average Bonchev–Trinajstić information content (AvgIpc) is 2.30. The lowest BCUT2D eigenvalue weighted by Crippen LogP contribution is -2.40. The second-order valence-corrected chi connectivity index (χ2v) is 4.30. The molecular weight excluding hydrogens is 210 g/mol. The number of hydrogen-bond acceptors (Lipinski definition) is 2. The average molecular weight is 226 g/mol. The van der Waals surface area contributed by atoms with Gasteiger partial charge in [-0.05, 0) is 24.1 Å². The highest BCUT2D eigenvalue weighted by Crippen LogP contribution is 2.23. The van der Waals surface area contributed by atoms with Crippen LogP contribution in [0.25, 0.3) is 0 Å². The van der Waals surface area contributed by atoms with E-state index in [4.69, 9.17) is 16.3 Å². The van der Waals surface area contributed by atoms with E-state index in [0.29, 0.717) is 6.10 Å². The van der Waals surface area contributed by atoms with Gasteiger partial charge >= 0.3 is 0 Å². The van der Waals surface area contributed by atoms with Crippen molar-refractivity contribution in [1.29, 1.82) is 0 Å². The van der Waals surface area contributed by atoms with Gasteiger partial charge in [-0.1, -0.05) is 30.7 Å². The predicted octanol–water partition coefficient (Wildman–Crippen LogP) is 2.78. The molecule has 2 nitrogen and oxygen atoms in total. The van der Waals surface area contributed by atoms with Gasteiger partial charge in [-0.25, -0.2) is 0 Å². The van der Waals surface area contributed by atoms with Crippen LogP contribution in [0, 0.1) is 0 Å². The van der Waals surface area contributed by atoms with Gasteiger partial charge < -0.3 is 10.1 Å². The van der Waals surface area contributed by atoms with Gasteiger partial charge in [0, 0.05) is 18.1 Å². The Kier molecular flexibility index (Phi) is 3.62. The van der Waals surface area contributed by atoms with Crippen molar-refractivity contribution >= 4 is 11.6 Å². The van der Waals surface area contributed by atoms with Crippen molar-refractivity contribution in [2.45, 2.75) is 25.6 Å². The molecule has 2 rings (SSSR count). The van der Waals surface area contributed by atoms with E-state index >= 15 is 0 Å². The third kappa shape index (κ3) is 2.71. The minimum Gasteiger partial charge on any atom is -0.368 e. The molecule has 0 radical (unpaired) electrons. The number of halogens is 1. The molecule has 2 atom stereocenters. The maximum Gasteiger partial charge on any atom is 0.0953 e. The van der Waals surface area contributed by atoms with Gasteiger partial charge in [0.2, 0.25) is 0 Å². The summed E-state index contributed by atoms with van der Waals surface area (Å²) in [6, 6.07) is 7.89. The van der Waals surface area contributed by atoms with E-state index in [-0.39, 0.29) is 6.10 Å². The first kappa shape index (κ1) is 10.9. The standard InChI is InChI=1S/C12H16ClNO/c1-2-11-7-14-8-12(15-11)9-3-5-10(13)6-4-9/h3-6,11-12,14H,2,7-8H2,1H3. The van der Waals surface area contributed by atoms with Crippen LogP contribution in [0.5, 0.6) is 0 Å². The zero-order chi connectivity index (χ0) is 10.7. The van der Waals surface area contributed by atoms with Crippen LogP contribution < -0.4 is 5.32 Å². The summed E-state index contributed by atoms with van der Waals surface area (Å²) in [4.78, 5) is 0. The number of benzene rings is 1. The minimum atomic E-state index is 0.168. The smallest absolute Gasteiger partial charge is 0.0953 e. The number of ether oxygens (including phenoxy) is 1. The summed E-state index contributed by atoms with van der Waals surface area (Å²) in [6.07, 6.45) is 1.55. The monoisotopic (exact) mass is 225 g/mol. The Morgan fingerprint density at radius 1 is 1.33 bits per heavy atom. The molecule has 0 saturated carbocycles. The Morgan fingerprint density at radius 2 is 2.07 bits per heavy atom. The van der Waals surface area contributed by atoms with Gasteiger partial charge in [0.25, 0.3) is 0 Å². The molecule has 1 aromatic rings. The number of rotatable bonds is 2. The lowest BCUT2D eigenvalue weighted by Gasteiger charge is -2.30. The molecule has 1 aliphatic heterocycles. The molecule has 2 unspecified atom stereocenters. The van der Waals surface area contributed by atoms with Crippen LogP contribution in [-0.2, 0) is 4.74 Å². The van der Waals surface area contributed by atoms with Gasteiger partial charge in [0.05, 0.1) is 12.2 Å². The number of morpholine rings is 1. The summed E-state index contributed by atoms with van der Waals surface area (Å²) in [5, 5.41) is 4.16. The number of nitrogens with one attached hydrogen (secondary N) is 1. The molecule has 1 heterocycles. The third-order valence-electron chi connectivity index (χ3n) is 2.76. The van der Waals surface area contributed by atoms with E-state index < -0.39 is 0 Å². The van der Waals surface area contributed by atoms with Crippen molar-refractivity contribution in [1.82, 2.24) is 5.32 Å². The fourth-order valence-electron chi connectivity index (χ4n) is 1.82. The maximum absolute atomic E-state index is 5.96. The Hall–Kier alpha value is -0.570. The Labute approximate surface area is 95.6 Å². The summed E-state index contributed by atoms with van der Waals surface area (Å²) in [6.45, 7) is 4.00. The normalized spacial score (nSPS) is 26.5. The van der Waals surface area contributed by atoms with Gasteiger partial charge in [-0.2, -0.15) is 0 Å². The fraction of sp³-hybridized carbons (Fsp3) is 0.500. The first-order chi connectivity index (χ1) is 7.29. The first-order valence-corrected chi connectivity index (χ1v) is 5.79. The molecule has 0 spiro atoms. The van der Waals surface area contributed by atoms with Gasteiger partial charge in [-0.3, -0.25) is 0 Å². The highest BCUT2D eigenvalue weighted by molar-refractivity contribution is 6.30. The summed E-state index contributed by atoms with van der Waals surface area (Å²) in [5.41, 5.74) is 1.20. The highest BCUT2D eigenvalue weighted by Gasteiger charge is 2.21. The Balaban J connectivity index is 2.06. The van der Waals surface area contributed by atoms with Crippen molar-refractivity contribution < 1.29 is 4.74 Å². The highest BCUT2D eigenvalue weighted by atomic mass is 35.5. The third-order valence-corrected chi connectivity index (χ3v) is 3.01. The van der Waals surface area contributed by atoms with Gasteiger partial charge in [0.15, 0.2) is 0 Å². The molecule has 1 saturated heterocycles. The van der Waals surface area contributed by atoms with Crippen LogP contribution in [0.15, 0.2) is 24.3 Å². The van der Waals surface area contributed by atoms with Crippen molar-refractivity contribution in [2.24, 2.45) is 0 Å². The molecular formula is C12H16ClNO. The molecule has 15 heavy (non-hydrogen) atoms. The summed E-state index contributed by atoms with van der Waals surface area (Å²) in [7, 11) is 0. The summed E-state index contributed by atoms with van der Waals surface area (Å²) in [5.74, 6) is 0. The van der Waals surface area contributed by atoms with Crippen molar-refractivity contribution in [3.63, 3.8) is 0 Å². The van der Waals surface area contributed by atoms with E-state index in [1.165, 1.54) is 5.56 Å². The molecule has 0 amide bonds. The molecule has 0 aliphatic carbocycles. The van der Waals surface area contributed by atoms with E-state index in [1.54, 1.807) is 0 Å². The van der Waals surface area contributed by atoms with E-state index in [2.05, 4.69) is 12.2 Å². The summed E-state index contributed by atoms with van der Waals surface area (Å²) < 4.78 is 5.96. The largest absolute Gasteiger partial charge is 0.368 e. The number of hydrogen-bond donors (Lipinski definition) is 1. The zero-order valence-electron chi connectivity index (χ0n) is 8.87. The van der Waals surface area contributed by atoms with Crippen LogP contribution in [0.2, 0.25) is 5.02 Å². The van der Waals surface area contributed by atoms with Crippen LogP contribution >= 0.6 is 11.6 Å². The van der Waals surface area contributed by atoms with E-state index in [1.807, 2.05) is 24.3 Å². The van der Waals surface area contributed by atoms with Crippen LogP contribution in [0.4, 0.5) is 0 Å². The SMILES string of the molecule is CCC1CNCC(c2ccc(Cl)cc2)O1. The molecule has 1 aliphatic rings. The van der Waals surface area contributed by atoms with Crippen molar-refractivity contribution in [3.05, 3.63) is 34.9 Å². The van der Waals surface area contributed by atoms with Crippen LogP contribution in [-0.4, -0.2) is 19.2 Å². The fourth-order valence-corrected chi connectivity index (χ4v) is 1.94. The van der Waals surface area contributed by atoms with E-state index in [9.17, 15) is 0 Å².